The Morgan fingerprint density at radius 2 is 1.60 bits per heavy atom. The summed E-state index contributed by atoms with van der Waals surface area (Å²) >= 11 is 0. The van der Waals surface area contributed by atoms with Crippen LogP contribution in [-0.2, 0) is 0 Å². The van der Waals surface area contributed by atoms with Gasteiger partial charge in [0.25, 0.3) is 11.5 Å². The lowest BCUT2D eigenvalue weighted by Gasteiger charge is -2.14. The molecule has 0 unspecified atom stereocenters. The van der Waals surface area contributed by atoms with E-state index >= 15 is 0 Å². The van der Waals surface area contributed by atoms with Crippen LogP contribution in [0.3, 0.4) is 0 Å². The molecule has 0 saturated carbocycles. The summed E-state index contributed by atoms with van der Waals surface area (Å²) in [6, 6.07) is 17.9. The molecule has 0 fully saturated rings. The van der Waals surface area contributed by atoms with Gasteiger partial charge in [-0.1, -0.05) is 44.2 Å². The molecule has 0 aliphatic carbocycles. The van der Waals surface area contributed by atoms with Gasteiger partial charge < -0.3 is 19.8 Å². The molecule has 0 atom stereocenters. The van der Waals surface area contributed by atoms with Crippen molar-refractivity contribution < 1.29 is 14.3 Å². The second-order valence-electron chi connectivity index (χ2n) is 6.79. The molecule has 3 aromatic rings. The third kappa shape index (κ3) is 5.29. The Balaban J connectivity index is 1.79. The lowest BCUT2D eigenvalue weighted by Crippen LogP contribution is -2.23. The highest BCUT2D eigenvalue weighted by molar-refractivity contribution is 6.04. The van der Waals surface area contributed by atoms with Crippen LogP contribution in [0.15, 0.2) is 65.5 Å². The molecule has 1 heterocycles. The normalized spacial score (nSPS) is 10.5. The first-order chi connectivity index (χ1) is 14.6. The lowest BCUT2D eigenvalue weighted by molar-refractivity contribution is 0.102. The summed E-state index contributed by atoms with van der Waals surface area (Å²) in [5.74, 6) is 0.712. The standard InChI is InChI=1S/C24H26N2O4/c1-3-14-29-21-13-10-18(16-22(21)30-15-4-2)25-23(27)19-11-12-20(26-24(19)28)17-8-6-5-7-9-17/h5-13,16H,3-4,14-15H2,1-2H3,(H,25,27)(H,26,28). The van der Waals surface area contributed by atoms with Crippen LogP contribution in [0.25, 0.3) is 11.3 Å². The average molecular weight is 406 g/mol. The van der Waals surface area contributed by atoms with Crippen molar-refractivity contribution in [2.45, 2.75) is 26.7 Å². The topological polar surface area (TPSA) is 80.4 Å². The van der Waals surface area contributed by atoms with E-state index in [-0.39, 0.29) is 5.56 Å². The quantitative estimate of drug-likeness (QED) is 0.531. The van der Waals surface area contributed by atoms with Gasteiger partial charge in [-0.2, -0.15) is 0 Å². The van der Waals surface area contributed by atoms with Crippen LogP contribution in [-0.4, -0.2) is 24.1 Å². The maximum absolute atomic E-state index is 12.7. The Hall–Kier alpha value is -3.54. The van der Waals surface area contributed by atoms with Gasteiger partial charge in [0.2, 0.25) is 0 Å². The number of nitrogens with one attached hydrogen (secondary N) is 2. The van der Waals surface area contributed by atoms with Gasteiger partial charge in [0.1, 0.15) is 5.56 Å². The molecule has 0 aliphatic rings. The van der Waals surface area contributed by atoms with Crippen molar-refractivity contribution >= 4 is 11.6 Å². The fourth-order valence-corrected chi connectivity index (χ4v) is 2.88. The van der Waals surface area contributed by atoms with Gasteiger partial charge in [0, 0.05) is 17.4 Å². The van der Waals surface area contributed by atoms with E-state index in [0.29, 0.717) is 36.1 Å². The lowest BCUT2D eigenvalue weighted by atomic mass is 10.1. The van der Waals surface area contributed by atoms with Crippen molar-refractivity contribution in [1.82, 2.24) is 4.98 Å². The molecular weight excluding hydrogens is 380 g/mol. The summed E-state index contributed by atoms with van der Waals surface area (Å²) in [6.07, 6.45) is 1.74. The number of pyridine rings is 1. The fraction of sp³-hybridized carbons (Fsp3) is 0.250. The molecule has 1 amide bonds. The summed E-state index contributed by atoms with van der Waals surface area (Å²) in [5, 5.41) is 2.76. The monoisotopic (exact) mass is 406 g/mol. The Morgan fingerprint density at radius 1 is 0.900 bits per heavy atom. The number of rotatable bonds is 9. The number of aromatic amines is 1. The van der Waals surface area contributed by atoms with Crippen molar-refractivity contribution in [2.24, 2.45) is 0 Å². The number of hydrogen-bond donors (Lipinski definition) is 2. The van der Waals surface area contributed by atoms with E-state index in [1.165, 1.54) is 6.07 Å². The van der Waals surface area contributed by atoms with E-state index < -0.39 is 11.5 Å². The second kappa shape index (κ2) is 10.3. The van der Waals surface area contributed by atoms with Gasteiger partial charge in [-0.3, -0.25) is 9.59 Å². The average Bonchev–Trinajstić information content (AvgIpc) is 2.77. The van der Waals surface area contributed by atoms with E-state index in [1.54, 1.807) is 24.3 Å². The SMILES string of the molecule is CCCOc1ccc(NC(=O)c2ccc(-c3ccccc3)[nH]c2=O)cc1OCCC. The zero-order valence-corrected chi connectivity index (χ0v) is 17.2. The first-order valence-electron chi connectivity index (χ1n) is 10.1. The number of anilines is 1. The molecule has 2 aromatic carbocycles. The molecular formula is C24H26N2O4. The zero-order valence-electron chi connectivity index (χ0n) is 17.2. The number of amides is 1. The summed E-state index contributed by atoms with van der Waals surface area (Å²) in [6.45, 7) is 5.17. The maximum Gasteiger partial charge on any atom is 0.261 e. The van der Waals surface area contributed by atoms with Crippen molar-refractivity contribution in [3.63, 3.8) is 0 Å². The number of benzene rings is 2. The van der Waals surface area contributed by atoms with Crippen LogP contribution in [0, 0.1) is 0 Å². The van der Waals surface area contributed by atoms with Gasteiger partial charge in [-0.25, -0.2) is 0 Å². The molecule has 0 spiro atoms. The van der Waals surface area contributed by atoms with Crippen molar-refractivity contribution in [3.05, 3.63) is 76.6 Å². The number of carbonyl (C=O) groups excluding carboxylic acids is 1. The molecule has 1 aromatic heterocycles. The third-order valence-corrected chi connectivity index (χ3v) is 4.36. The van der Waals surface area contributed by atoms with Crippen molar-refractivity contribution in [2.75, 3.05) is 18.5 Å². The van der Waals surface area contributed by atoms with Gasteiger partial charge in [-0.15, -0.1) is 0 Å². The van der Waals surface area contributed by atoms with E-state index in [4.69, 9.17) is 9.47 Å². The molecule has 3 rings (SSSR count). The molecule has 6 nitrogen and oxygen atoms in total. The van der Waals surface area contributed by atoms with E-state index in [1.807, 2.05) is 44.2 Å². The Labute approximate surface area is 175 Å². The highest BCUT2D eigenvalue weighted by Gasteiger charge is 2.14. The minimum atomic E-state index is -0.487. The van der Waals surface area contributed by atoms with Crippen LogP contribution >= 0.6 is 0 Å². The minimum absolute atomic E-state index is 0.0389. The summed E-state index contributed by atoms with van der Waals surface area (Å²) in [4.78, 5) is 27.9. The van der Waals surface area contributed by atoms with Gasteiger partial charge in [0.15, 0.2) is 11.5 Å². The first-order valence-corrected chi connectivity index (χ1v) is 10.1. The largest absolute Gasteiger partial charge is 0.490 e. The van der Waals surface area contributed by atoms with Crippen LogP contribution < -0.4 is 20.3 Å². The Morgan fingerprint density at radius 3 is 2.27 bits per heavy atom. The number of aromatic nitrogens is 1. The number of ether oxygens (including phenoxy) is 2. The van der Waals surface area contributed by atoms with Crippen molar-refractivity contribution in [1.29, 1.82) is 0 Å². The minimum Gasteiger partial charge on any atom is -0.490 e. The first kappa shape index (κ1) is 21.2. The van der Waals surface area contributed by atoms with E-state index in [0.717, 1.165) is 18.4 Å². The molecule has 0 bridgehead atoms. The fourth-order valence-electron chi connectivity index (χ4n) is 2.88. The highest BCUT2D eigenvalue weighted by atomic mass is 16.5. The van der Waals surface area contributed by atoms with Crippen LogP contribution in [0.1, 0.15) is 37.0 Å². The molecule has 0 aliphatic heterocycles. The summed E-state index contributed by atoms with van der Waals surface area (Å²) in [5.41, 5.74) is 1.66. The van der Waals surface area contributed by atoms with Crippen molar-refractivity contribution in [3.8, 4) is 22.8 Å². The van der Waals surface area contributed by atoms with E-state index in [2.05, 4.69) is 10.3 Å². The molecule has 0 radical (unpaired) electrons. The molecule has 30 heavy (non-hydrogen) atoms. The molecule has 156 valence electrons. The van der Waals surface area contributed by atoms with Crippen LogP contribution in [0.2, 0.25) is 0 Å². The van der Waals surface area contributed by atoms with Gasteiger partial charge in [-0.05, 0) is 42.7 Å². The summed E-state index contributed by atoms with van der Waals surface area (Å²) < 4.78 is 11.5. The van der Waals surface area contributed by atoms with E-state index in [9.17, 15) is 9.59 Å². The number of hydrogen-bond acceptors (Lipinski definition) is 4. The predicted molar refractivity (Wildman–Crippen MR) is 118 cm³/mol. The zero-order chi connectivity index (χ0) is 21.3. The second-order valence-corrected chi connectivity index (χ2v) is 6.79. The Bertz CT molecular complexity index is 1040. The molecule has 0 saturated heterocycles. The molecule has 6 heteroatoms. The Kier molecular flexibility index (Phi) is 7.27. The maximum atomic E-state index is 12.7. The predicted octanol–water partition coefficient (Wildman–Crippen LogP) is 4.87. The van der Waals surface area contributed by atoms with Gasteiger partial charge in [0.05, 0.1) is 13.2 Å². The highest BCUT2D eigenvalue weighted by Crippen LogP contribution is 2.31. The summed E-state index contributed by atoms with van der Waals surface area (Å²) in [7, 11) is 0. The smallest absolute Gasteiger partial charge is 0.261 e. The number of carbonyl (C=O) groups is 1. The van der Waals surface area contributed by atoms with Crippen LogP contribution in [0.4, 0.5) is 5.69 Å². The third-order valence-electron chi connectivity index (χ3n) is 4.36. The van der Waals surface area contributed by atoms with Gasteiger partial charge >= 0.3 is 0 Å². The van der Waals surface area contributed by atoms with Crippen LogP contribution in [0.5, 0.6) is 11.5 Å². The number of H-pyrrole nitrogens is 1. The molecule has 2 N–H and O–H groups in total.